The Morgan fingerprint density at radius 1 is 1.26 bits per heavy atom. The van der Waals surface area contributed by atoms with E-state index >= 15 is 0 Å². The van der Waals surface area contributed by atoms with E-state index in [1.165, 1.54) is 17.4 Å². The molecule has 0 atom stereocenters. The topological polar surface area (TPSA) is 122 Å². The number of fused-ring (bicyclic) bond motifs is 1. The number of rotatable bonds is 10. The number of carbonyl (C=O) groups is 1. The van der Waals surface area contributed by atoms with Crippen molar-refractivity contribution in [2.24, 2.45) is 0 Å². The number of piperidine rings is 1. The average Bonchev–Trinajstić information content (AvgIpc) is 3.73. The van der Waals surface area contributed by atoms with Gasteiger partial charge in [-0.1, -0.05) is 12.1 Å². The fourth-order valence-electron chi connectivity index (χ4n) is 5.52. The van der Waals surface area contributed by atoms with Gasteiger partial charge in [-0.2, -0.15) is 10.4 Å². The number of ether oxygens (including phenoxy) is 1. The third-order valence-corrected chi connectivity index (χ3v) is 9.01. The van der Waals surface area contributed by atoms with Crippen molar-refractivity contribution in [3.05, 3.63) is 99.6 Å². The fourth-order valence-corrected chi connectivity index (χ4v) is 6.47. The Labute approximate surface area is 251 Å². The standard InChI is InChI=1S/C31H30FN7O3S/c1-2-38-19-34-15-23(38)13-24-27(36-39-17-28(31(40)41)43-30(24)39)16-37-10-8-21(9-11-37)26-4-3-5-29(35-26)42-18-22-7-6-20(14-33)12-25(22)32/h3-7,12,15,17,19,21H,2,8-11,13,16,18H2,1H3,(H,40,41). The van der Waals surface area contributed by atoms with E-state index in [4.69, 9.17) is 20.1 Å². The molecule has 43 heavy (non-hydrogen) atoms. The minimum Gasteiger partial charge on any atom is -0.477 e. The molecule has 12 heteroatoms. The lowest BCUT2D eigenvalue weighted by atomic mass is 9.93. The molecule has 4 aromatic heterocycles. The Bertz CT molecular complexity index is 1810. The molecular weight excluding hydrogens is 569 g/mol. The predicted molar refractivity (Wildman–Crippen MR) is 158 cm³/mol. The number of aryl methyl sites for hydroxylation is 1. The molecule has 5 aromatic rings. The predicted octanol–water partition coefficient (Wildman–Crippen LogP) is 5.27. The molecule has 1 N–H and O–H groups in total. The second kappa shape index (κ2) is 12.3. The highest BCUT2D eigenvalue weighted by Gasteiger charge is 2.26. The zero-order valence-electron chi connectivity index (χ0n) is 23.6. The molecule has 0 aliphatic carbocycles. The number of thiazole rings is 1. The molecule has 1 saturated heterocycles. The van der Waals surface area contributed by atoms with Crippen molar-refractivity contribution >= 4 is 22.1 Å². The number of nitrogens with zero attached hydrogens (tertiary/aromatic N) is 7. The van der Waals surface area contributed by atoms with Crippen LogP contribution in [0, 0.1) is 17.1 Å². The molecule has 10 nitrogen and oxygen atoms in total. The van der Waals surface area contributed by atoms with Crippen LogP contribution in [0.15, 0.2) is 55.1 Å². The largest absolute Gasteiger partial charge is 0.477 e. The molecule has 1 aliphatic rings. The number of aromatic carboxylic acids is 1. The maximum absolute atomic E-state index is 14.3. The summed E-state index contributed by atoms with van der Waals surface area (Å²) in [6, 6.07) is 12.0. The quantitative estimate of drug-likeness (QED) is 0.231. The normalized spacial score (nSPS) is 14.3. The van der Waals surface area contributed by atoms with Crippen LogP contribution in [-0.2, 0) is 26.1 Å². The van der Waals surface area contributed by atoms with Crippen LogP contribution < -0.4 is 4.74 Å². The van der Waals surface area contributed by atoms with Crippen LogP contribution in [0.5, 0.6) is 5.88 Å². The van der Waals surface area contributed by atoms with Gasteiger partial charge < -0.3 is 14.4 Å². The van der Waals surface area contributed by atoms with E-state index in [-0.39, 0.29) is 23.0 Å². The molecule has 6 rings (SSSR count). The highest BCUT2D eigenvalue weighted by Crippen LogP contribution is 2.31. The molecule has 1 aromatic carbocycles. The Morgan fingerprint density at radius 3 is 2.84 bits per heavy atom. The Balaban J connectivity index is 1.12. The number of aromatic nitrogens is 5. The van der Waals surface area contributed by atoms with Gasteiger partial charge in [-0.25, -0.2) is 23.7 Å². The van der Waals surface area contributed by atoms with Crippen LogP contribution in [-0.4, -0.2) is 53.2 Å². The number of pyridine rings is 1. The maximum atomic E-state index is 14.3. The molecule has 1 aliphatic heterocycles. The second-order valence-corrected chi connectivity index (χ2v) is 11.6. The first-order chi connectivity index (χ1) is 20.9. The van der Waals surface area contributed by atoms with Crippen LogP contribution in [0.2, 0.25) is 0 Å². The average molecular weight is 600 g/mol. The number of halogens is 1. The van der Waals surface area contributed by atoms with Gasteiger partial charge in [0, 0.05) is 60.2 Å². The van der Waals surface area contributed by atoms with E-state index in [1.54, 1.807) is 28.9 Å². The van der Waals surface area contributed by atoms with Crippen molar-refractivity contribution in [3.8, 4) is 11.9 Å². The summed E-state index contributed by atoms with van der Waals surface area (Å²) in [7, 11) is 0. The summed E-state index contributed by atoms with van der Waals surface area (Å²) in [6.07, 6.45) is 7.74. The van der Waals surface area contributed by atoms with Gasteiger partial charge in [0.05, 0.1) is 29.9 Å². The number of hydrogen-bond donors (Lipinski definition) is 1. The highest BCUT2D eigenvalue weighted by atomic mass is 32.1. The van der Waals surface area contributed by atoms with E-state index < -0.39 is 11.8 Å². The zero-order valence-corrected chi connectivity index (χ0v) is 24.4. The third kappa shape index (κ3) is 6.14. The van der Waals surface area contributed by atoms with E-state index in [1.807, 2.05) is 30.7 Å². The van der Waals surface area contributed by atoms with Gasteiger partial charge in [-0.15, -0.1) is 11.3 Å². The lowest BCUT2D eigenvalue weighted by Crippen LogP contribution is -2.33. The summed E-state index contributed by atoms with van der Waals surface area (Å²) in [5.41, 5.74) is 4.66. The molecular formula is C31H30FN7O3S. The van der Waals surface area contributed by atoms with Crippen molar-refractivity contribution in [2.75, 3.05) is 13.1 Å². The molecule has 5 heterocycles. The van der Waals surface area contributed by atoms with Gasteiger partial charge in [-0.05, 0) is 51.1 Å². The second-order valence-electron chi connectivity index (χ2n) is 10.6. The third-order valence-electron chi connectivity index (χ3n) is 7.88. The highest BCUT2D eigenvalue weighted by molar-refractivity contribution is 7.19. The van der Waals surface area contributed by atoms with Crippen molar-refractivity contribution in [2.45, 2.75) is 51.8 Å². The summed E-state index contributed by atoms with van der Waals surface area (Å²) >= 11 is 1.25. The number of hydrogen-bond acceptors (Lipinski definition) is 8. The maximum Gasteiger partial charge on any atom is 0.347 e. The first-order valence-electron chi connectivity index (χ1n) is 14.1. The van der Waals surface area contributed by atoms with Gasteiger partial charge in [-0.3, -0.25) is 4.90 Å². The first-order valence-corrected chi connectivity index (χ1v) is 15.0. The van der Waals surface area contributed by atoms with E-state index in [0.717, 1.165) is 60.0 Å². The van der Waals surface area contributed by atoms with E-state index in [0.29, 0.717) is 24.4 Å². The SMILES string of the molecule is CCn1cncc1Cc1c(CN2CCC(c3cccc(OCc4ccc(C#N)cc4F)n3)CC2)nn2cc(C(=O)O)sc12. The molecule has 1 fully saturated rings. The van der Waals surface area contributed by atoms with Gasteiger partial charge in [0.1, 0.15) is 22.1 Å². The number of carboxylic acids is 1. The van der Waals surface area contributed by atoms with Crippen molar-refractivity contribution in [1.29, 1.82) is 5.26 Å². The lowest BCUT2D eigenvalue weighted by molar-refractivity contribution is 0.0701. The molecule has 0 spiro atoms. The van der Waals surface area contributed by atoms with Crippen molar-refractivity contribution < 1.29 is 19.0 Å². The molecule has 0 amide bonds. The van der Waals surface area contributed by atoms with Crippen LogP contribution in [0.1, 0.15) is 69.1 Å². The van der Waals surface area contributed by atoms with Gasteiger partial charge >= 0.3 is 5.97 Å². The summed E-state index contributed by atoms with van der Waals surface area (Å²) in [4.78, 5) is 24.1. The minimum atomic E-state index is -0.951. The zero-order chi connectivity index (χ0) is 29.9. The Morgan fingerprint density at radius 2 is 2.09 bits per heavy atom. The summed E-state index contributed by atoms with van der Waals surface area (Å²) in [6.45, 7) is 5.32. The van der Waals surface area contributed by atoms with Crippen molar-refractivity contribution in [3.63, 3.8) is 0 Å². The number of nitriles is 1. The van der Waals surface area contributed by atoms with E-state index in [2.05, 4.69) is 21.4 Å². The Kier molecular flexibility index (Phi) is 8.18. The van der Waals surface area contributed by atoms with Gasteiger partial charge in [0.15, 0.2) is 0 Å². The van der Waals surface area contributed by atoms with Crippen molar-refractivity contribution in [1.82, 2.24) is 29.0 Å². The fraction of sp³-hybridized carbons (Fsp3) is 0.323. The minimum absolute atomic E-state index is 0.0316. The Hall–Kier alpha value is -4.60. The molecule has 0 bridgehead atoms. The number of carboxylic acid groups (broad SMARTS) is 1. The molecule has 0 unspecified atom stereocenters. The summed E-state index contributed by atoms with van der Waals surface area (Å²) < 4.78 is 23.9. The molecule has 0 saturated carbocycles. The number of imidazole rings is 1. The van der Waals surface area contributed by atoms with Crippen LogP contribution in [0.3, 0.4) is 0 Å². The van der Waals surface area contributed by atoms with Crippen LogP contribution in [0.4, 0.5) is 4.39 Å². The lowest BCUT2D eigenvalue weighted by Gasteiger charge is -2.31. The summed E-state index contributed by atoms with van der Waals surface area (Å²) in [5, 5.41) is 23.3. The number of likely N-dealkylation sites (tertiary alicyclic amines) is 1. The molecule has 220 valence electrons. The van der Waals surface area contributed by atoms with E-state index in [9.17, 15) is 14.3 Å². The van der Waals surface area contributed by atoms with Crippen LogP contribution >= 0.6 is 11.3 Å². The monoisotopic (exact) mass is 599 g/mol. The van der Waals surface area contributed by atoms with Gasteiger partial charge in [0.2, 0.25) is 5.88 Å². The molecule has 0 radical (unpaired) electrons. The summed E-state index contributed by atoms with van der Waals surface area (Å²) in [5.74, 6) is -0.707. The number of benzene rings is 1. The smallest absolute Gasteiger partial charge is 0.347 e. The van der Waals surface area contributed by atoms with Gasteiger partial charge in [0.25, 0.3) is 0 Å². The van der Waals surface area contributed by atoms with Crippen LogP contribution in [0.25, 0.3) is 4.83 Å². The first kappa shape index (κ1) is 28.5.